The molecular formula is C16H21IO4. The van der Waals surface area contributed by atoms with E-state index in [-0.39, 0.29) is 31.4 Å². The van der Waals surface area contributed by atoms with Gasteiger partial charge in [0.05, 0.1) is 19.4 Å². The number of esters is 2. The van der Waals surface area contributed by atoms with Crippen molar-refractivity contribution in [2.24, 2.45) is 0 Å². The molecule has 0 heterocycles. The highest BCUT2D eigenvalue weighted by atomic mass is 127. The largest absolute Gasteiger partial charge is 0.466 e. The molecule has 0 saturated carbocycles. The second-order valence-electron chi connectivity index (χ2n) is 4.72. The van der Waals surface area contributed by atoms with E-state index in [0.29, 0.717) is 6.61 Å². The first kappa shape index (κ1) is 17.9. The lowest BCUT2D eigenvalue weighted by Gasteiger charge is -2.06. The van der Waals surface area contributed by atoms with E-state index in [1.165, 1.54) is 0 Å². The van der Waals surface area contributed by atoms with Crippen LogP contribution in [0.2, 0.25) is 0 Å². The molecule has 0 aliphatic rings. The highest BCUT2D eigenvalue weighted by Gasteiger charge is 2.09. The average molecular weight is 404 g/mol. The highest BCUT2D eigenvalue weighted by molar-refractivity contribution is 14.1. The molecule has 1 aromatic carbocycles. The number of carbonyl (C=O) groups excluding carboxylic acids is 2. The van der Waals surface area contributed by atoms with E-state index in [4.69, 9.17) is 9.47 Å². The van der Waals surface area contributed by atoms with Crippen molar-refractivity contribution < 1.29 is 19.1 Å². The van der Waals surface area contributed by atoms with Gasteiger partial charge < -0.3 is 9.47 Å². The first-order chi connectivity index (χ1) is 10.1. The molecule has 0 aromatic heterocycles. The van der Waals surface area contributed by atoms with Crippen LogP contribution >= 0.6 is 22.6 Å². The van der Waals surface area contributed by atoms with E-state index >= 15 is 0 Å². The van der Waals surface area contributed by atoms with Crippen LogP contribution in [-0.2, 0) is 25.7 Å². The summed E-state index contributed by atoms with van der Waals surface area (Å²) < 4.78 is 11.2. The maximum absolute atomic E-state index is 11.6. The van der Waals surface area contributed by atoms with E-state index in [1.807, 2.05) is 24.3 Å². The van der Waals surface area contributed by atoms with Crippen LogP contribution in [0.3, 0.4) is 0 Å². The molecule has 116 valence electrons. The number of rotatable bonds is 9. The minimum atomic E-state index is -0.376. The molecule has 0 bridgehead atoms. The van der Waals surface area contributed by atoms with E-state index in [0.717, 1.165) is 28.4 Å². The van der Waals surface area contributed by atoms with Crippen molar-refractivity contribution in [3.8, 4) is 0 Å². The summed E-state index contributed by atoms with van der Waals surface area (Å²) in [6.07, 6.45) is 3.15. The van der Waals surface area contributed by atoms with Gasteiger partial charge in [0.25, 0.3) is 0 Å². The SMILES string of the molecule is CCCCCOC(=O)CCC(=O)OCc1cccc(I)c1. The molecule has 21 heavy (non-hydrogen) atoms. The molecule has 0 N–H and O–H groups in total. The van der Waals surface area contributed by atoms with Gasteiger partial charge in [0.2, 0.25) is 0 Å². The molecule has 0 unspecified atom stereocenters. The van der Waals surface area contributed by atoms with Crippen molar-refractivity contribution in [2.75, 3.05) is 6.61 Å². The second kappa shape index (κ2) is 10.6. The van der Waals surface area contributed by atoms with Gasteiger partial charge in [-0.3, -0.25) is 9.59 Å². The topological polar surface area (TPSA) is 52.6 Å². The summed E-state index contributed by atoms with van der Waals surface area (Å²) >= 11 is 2.20. The summed E-state index contributed by atoms with van der Waals surface area (Å²) in [5.41, 5.74) is 0.942. The third-order valence-corrected chi connectivity index (χ3v) is 3.50. The van der Waals surface area contributed by atoms with E-state index in [1.54, 1.807) is 0 Å². The van der Waals surface area contributed by atoms with Crippen LogP contribution in [0.25, 0.3) is 0 Å². The van der Waals surface area contributed by atoms with Gasteiger partial charge in [0.15, 0.2) is 0 Å². The van der Waals surface area contributed by atoms with E-state index in [9.17, 15) is 9.59 Å². The Balaban J connectivity index is 2.15. The molecule has 0 atom stereocenters. The number of hydrogen-bond donors (Lipinski definition) is 0. The maximum atomic E-state index is 11.6. The first-order valence-electron chi connectivity index (χ1n) is 7.17. The fourth-order valence-corrected chi connectivity index (χ4v) is 2.28. The first-order valence-corrected chi connectivity index (χ1v) is 8.25. The second-order valence-corrected chi connectivity index (χ2v) is 5.96. The fourth-order valence-electron chi connectivity index (χ4n) is 1.68. The third kappa shape index (κ3) is 8.70. The number of halogens is 1. The minimum absolute atomic E-state index is 0.0660. The van der Waals surface area contributed by atoms with Gasteiger partial charge in [-0.05, 0) is 46.7 Å². The minimum Gasteiger partial charge on any atom is -0.466 e. The molecule has 0 amide bonds. The van der Waals surface area contributed by atoms with Gasteiger partial charge in [-0.15, -0.1) is 0 Å². The average Bonchev–Trinajstić information content (AvgIpc) is 2.47. The fraction of sp³-hybridized carbons (Fsp3) is 0.500. The van der Waals surface area contributed by atoms with Crippen LogP contribution in [0, 0.1) is 3.57 Å². The summed E-state index contributed by atoms with van der Waals surface area (Å²) in [4.78, 5) is 22.9. The van der Waals surface area contributed by atoms with Crippen LogP contribution in [0.15, 0.2) is 24.3 Å². The van der Waals surface area contributed by atoms with Crippen LogP contribution in [0.4, 0.5) is 0 Å². The molecular weight excluding hydrogens is 383 g/mol. The molecule has 0 aliphatic carbocycles. The van der Waals surface area contributed by atoms with Crippen molar-refractivity contribution in [1.29, 1.82) is 0 Å². The number of carbonyl (C=O) groups is 2. The zero-order valence-corrected chi connectivity index (χ0v) is 14.4. The van der Waals surface area contributed by atoms with Gasteiger partial charge in [-0.25, -0.2) is 0 Å². The summed E-state index contributed by atoms with van der Waals surface area (Å²) in [5, 5.41) is 0. The van der Waals surface area contributed by atoms with Gasteiger partial charge in [0.1, 0.15) is 6.61 Å². The summed E-state index contributed by atoms with van der Waals surface area (Å²) in [6.45, 7) is 2.76. The summed E-state index contributed by atoms with van der Waals surface area (Å²) in [5.74, 6) is -0.711. The number of benzene rings is 1. The Labute approximate surface area is 139 Å². The van der Waals surface area contributed by atoms with E-state index < -0.39 is 0 Å². The zero-order valence-electron chi connectivity index (χ0n) is 12.3. The maximum Gasteiger partial charge on any atom is 0.306 e. The lowest BCUT2D eigenvalue weighted by molar-refractivity contribution is -0.151. The Morgan fingerprint density at radius 1 is 1.10 bits per heavy atom. The van der Waals surface area contributed by atoms with Crippen LogP contribution in [0.1, 0.15) is 44.6 Å². The molecule has 1 rings (SSSR count). The lowest BCUT2D eigenvalue weighted by Crippen LogP contribution is -2.11. The predicted molar refractivity (Wildman–Crippen MR) is 88.7 cm³/mol. The third-order valence-electron chi connectivity index (χ3n) is 2.83. The summed E-state index contributed by atoms with van der Waals surface area (Å²) in [6, 6.07) is 7.74. The number of hydrogen-bond acceptors (Lipinski definition) is 4. The van der Waals surface area contributed by atoms with Gasteiger partial charge in [-0.1, -0.05) is 31.9 Å². The molecule has 1 aromatic rings. The lowest BCUT2D eigenvalue weighted by atomic mass is 10.2. The molecule has 0 radical (unpaired) electrons. The monoisotopic (exact) mass is 404 g/mol. The highest BCUT2D eigenvalue weighted by Crippen LogP contribution is 2.09. The number of ether oxygens (including phenoxy) is 2. The van der Waals surface area contributed by atoms with Crippen LogP contribution < -0.4 is 0 Å². The molecule has 4 nitrogen and oxygen atoms in total. The predicted octanol–water partition coefficient (Wildman–Crippen LogP) is 3.85. The van der Waals surface area contributed by atoms with Gasteiger partial charge in [0, 0.05) is 3.57 Å². The van der Waals surface area contributed by atoms with Crippen molar-refractivity contribution in [1.82, 2.24) is 0 Å². The Hall–Kier alpha value is -1.11. The van der Waals surface area contributed by atoms with Crippen molar-refractivity contribution in [3.63, 3.8) is 0 Å². The standard InChI is InChI=1S/C16H21IO4/c1-2-3-4-10-20-15(18)8-9-16(19)21-12-13-6-5-7-14(17)11-13/h5-7,11H,2-4,8-10,12H2,1H3. The molecule has 5 heteroatoms. The van der Waals surface area contributed by atoms with Crippen molar-refractivity contribution >= 4 is 34.5 Å². The molecule has 0 aliphatic heterocycles. The normalized spacial score (nSPS) is 10.2. The van der Waals surface area contributed by atoms with E-state index in [2.05, 4.69) is 29.5 Å². The van der Waals surface area contributed by atoms with Crippen molar-refractivity contribution in [2.45, 2.75) is 45.6 Å². The molecule has 0 saturated heterocycles. The Morgan fingerprint density at radius 3 is 2.48 bits per heavy atom. The Kier molecular flexibility index (Phi) is 9.05. The zero-order chi connectivity index (χ0) is 15.5. The molecule has 0 fully saturated rings. The van der Waals surface area contributed by atoms with Crippen molar-refractivity contribution in [3.05, 3.63) is 33.4 Å². The quantitative estimate of drug-likeness (QED) is 0.357. The Bertz CT molecular complexity index is 459. The van der Waals surface area contributed by atoms with Gasteiger partial charge in [-0.2, -0.15) is 0 Å². The van der Waals surface area contributed by atoms with Gasteiger partial charge >= 0.3 is 11.9 Å². The summed E-state index contributed by atoms with van der Waals surface area (Å²) in [7, 11) is 0. The number of unbranched alkanes of at least 4 members (excludes halogenated alkanes) is 2. The molecule has 0 spiro atoms. The Morgan fingerprint density at radius 2 is 1.81 bits per heavy atom. The van der Waals surface area contributed by atoms with Crippen LogP contribution in [-0.4, -0.2) is 18.5 Å². The van der Waals surface area contributed by atoms with Crippen LogP contribution in [0.5, 0.6) is 0 Å². The smallest absolute Gasteiger partial charge is 0.306 e.